The van der Waals surface area contributed by atoms with Crippen molar-refractivity contribution >= 4 is 35.1 Å². The smallest absolute Gasteiger partial charge is 0.324 e. The van der Waals surface area contributed by atoms with Gasteiger partial charge in [0.2, 0.25) is 11.8 Å². The van der Waals surface area contributed by atoms with Crippen molar-refractivity contribution in [3.63, 3.8) is 0 Å². The van der Waals surface area contributed by atoms with Crippen molar-refractivity contribution < 1.29 is 29.3 Å². The lowest BCUT2D eigenvalue weighted by Crippen LogP contribution is -2.53. The fraction of sp³-hybridized carbons (Fsp3) is 0.286. The van der Waals surface area contributed by atoms with Gasteiger partial charge < -0.3 is 14.9 Å². The summed E-state index contributed by atoms with van der Waals surface area (Å²) in [6, 6.07) is 9.81. The van der Waals surface area contributed by atoms with Gasteiger partial charge in [0.15, 0.2) is 0 Å². The summed E-state index contributed by atoms with van der Waals surface area (Å²) in [5.74, 6) is -4.37. The van der Waals surface area contributed by atoms with Crippen LogP contribution in [0.4, 0.5) is 5.69 Å². The zero-order chi connectivity index (χ0) is 21.8. The molecule has 0 aromatic heterocycles. The van der Waals surface area contributed by atoms with Crippen molar-refractivity contribution in [1.29, 1.82) is 0 Å². The van der Waals surface area contributed by atoms with Crippen LogP contribution in [-0.4, -0.2) is 40.6 Å². The standard InChI is InChI=1S/C21H19ClN2O6/c1-21(20(28)29)16-15(17(23-21)13-9-12(30-2)6-7-14(13)25)18(26)24(19(16)27)11-5-3-4-10(22)8-11/h3-9,15-17,23,25H,1-2H3,(H,28,29)/t15-,16-,17-,21-/m0/s1. The van der Waals surface area contributed by atoms with Crippen molar-refractivity contribution in [3.05, 3.63) is 53.1 Å². The number of hydrogen-bond donors (Lipinski definition) is 3. The summed E-state index contributed by atoms with van der Waals surface area (Å²) in [6.07, 6.45) is 0. The van der Waals surface area contributed by atoms with Gasteiger partial charge in [-0.25, -0.2) is 4.90 Å². The maximum absolute atomic E-state index is 13.4. The Morgan fingerprint density at radius 2 is 1.93 bits per heavy atom. The lowest BCUT2D eigenvalue weighted by Gasteiger charge is -2.27. The third-order valence-corrected chi connectivity index (χ3v) is 6.10. The molecule has 3 N–H and O–H groups in total. The van der Waals surface area contributed by atoms with Gasteiger partial charge in [0.25, 0.3) is 0 Å². The van der Waals surface area contributed by atoms with Crippen LogP contribution >= 0.6 is 11.6 Å². The monoisotopic (exact) mass is 430 g/mol. The highest BCUT2D eigenvalue weighted by atomic mass is 35.5. The van der Waals surface area contributed by atoms with Gasteiger partial charge in [-0.05, 0) is 43.3 Å². The van der Waals surface area contributed by atoms with E-state index in [9.17, 15) is 24.6 Å². The van der Waals surface area contributed by atoms with Crippen molar-refractivity contribution in [3.8, 4) is 11.5 Å². The number of rotatable bonds is 4. The number of phenols is 1. The molecular weight excluding hydrogens is 412 g/mol. The van der Waals surface area contributed by atoms with Gasteiger partial charge in [-0.3, -0.25) is 19.7 Å². The number of halogens is 1. The second kappa shape index (κ2) is 7.00. The van der Waals surface area contributed by atoms with Gasteiger partial charge in [0.1, 0.15) is 17.0 Å². The second-order valence-electron chi connectivity index (χ2n) is 7.55. The fourth-order valence-electron chi connectivity index (χ4n) is 4.38. The summed E-state index contributed by atoms with van der Waals surface area (Å²) < 4.78 is 5.20. The fourth-order valence-corrected chi connectivity index (χ4v) is 4.57. The van der Waals surface area contributed by atoms with Crippen LogP contribution in [0.3, 0.4) is 0 Å². The molecule has 4 atom stereocenters. The Hall–Kier alpha value is -3.10. The number of imide groups is 1. The van der Waals surface area contributed by atoms with E-state index in [0.717, 1.165) is 4.90 Å². The van der Waals surface area contributed by atoms with Crippen LogP contribution in [-0.2, 0) is 14.4 Å². The number of amides is 2. The molecule has 0 aliphatic carbocycles. The molecule has 2 heterocycles. The van der Waals surface area contributed by atoms with E-state index in [1.54, 1.807) is 24.3 Å². The minimum absolute atomic E-state index is 0.136. The molecule has 0 saturated carbocycles. The first-order valence-corrected chi connectivity index (χ1v) is 9.58. The maximum atomic E-state index is 13.4. The molecule has 2 amide bonds. The van der Waals surface area contributed by atoms with Crippen LogP contribution in [0.25, 0.3) is 0 Å². The topological polar surface area (TPSA) is 116 Å². The Balaban J connectivity index is 1.86. The summed E-state index contributed by atoms with van der Waals surface area (Å²) >= 11 is 6.02. The summed E-state index contributed by atoms with van der Waals surface area (Å²) in [5.41, 5.74) is -1.16. The van der Waals surface area contributed by atoms with E-state index in [-0.39, 0.29) is 17.0 Å². The number of benzene rings is 2. The Morgan fingerprint density at radius 1 is 1.20 bits per heavy atom. The molecule has 2 saturated heterocycles. The SMILES string of the molecule is COc1ccc(O)c([C@@H]2N[C@](C)(C(=O)O)[C@@H]3C(=O)N(c4cccc(Cl)c4)C(=O)[C@@H]32)c1. The van der Waals surface area contributed by atoms with Gasteiger partial charge in [0, 0.05) is 16.6 Å². The molecule has 2 aromatic carbocycles. The number of aliphatic carboxylic acids is 1. The molecule has 30 heavy (non-hydrogen) atoms. The van der Waals surface area contributed by atoms with Gasteiger partial charge >= 0.3 is 5.97 Å². The Labute approximate surface area is 177 Å². The number of anilines is 1. The van der Waals surface area contributed by atoms with Crippen molar-refractivity contribution in [2.24, 2.45) is 11.8 Å². The number of ether oxygens (including phenoxy) is 1. The van der Waals surface area contributed by atoms with Crippen molar-refractivity contribution in [2.45, 2.75) is 18.5 Å². The number of carbonyl (C=O) groups excluding carboxylic acids is 2. The van der Waals surface area contributed by atoms with E-state index in [0.29, 0.717) is 10.8 Å². The first-order valence-electron chi connectivity index (χ1n) is 9.20. The molecule has 4 rings (SSSR count). The summed E-state index contributed by atoms with van der Waals surface area (Å²) in [4.78, 5) is 39.8. The number of hydrogen-bond acceptors (Lipinski definition) is 6. The number of carbonyl (C=O) groups is 3. The number of carboxylic acid groups (broad SMARTS) is 1. The number of aromatic hydroxyl groups is 1. The Kier molecular flexibility index (Phi) is 4.71. The predicted octanol–water partition coefficient (Wildman–Crippen LogP) is 2.35. The van der Waals surface area contributed by atoms with E-state index in [1.165, 1.54) is 32.2 Å². The van der Waals surface area contributed by atoms with Gasteiger partial charge in [-0.15, -0.1) is 0 Å². The number of carboxylic acids is 1. The number of phenolic OH excluding ortho intramolecular Hbond substituents is 1. The second-order valence-corrected chi connectivity index (χ2v) is 7.99. The van der Waals surface area contributed by atoms with Crippen molar-refractivity contribution in [2.75, 3.05) is 12.0 Å². The molecule has 0 unspecified atom stereocenters. The highest BCUT2D eigenvalue weighted by Gasteiger charge is 2.67. The molecule has 8 nitrogen and oxygen atoms in total. The molecule has 0 spiro atoms. The Bertz CT molecular complexity index is 1070. The summed E-state index contributed by atoms with van der Waals surface area (Å²) in [5, 5.41) is 23.6. The van der Waals surface area contributed by atoms with Crippen LogP contribution in [0.15, 0.2) is 42.5 Å². The average molecular weight is 431 g/mol. The number of nitrogens with one attached hydrogen (secondary N) is 1. The first kappa shape index (κ1) is 20.2. The minimum atomic E-state index is -1.72. The van der Waals surface area contributed by atoms with Crippen molar-refractivity contribution in [1.82, 2.24) is 5.32 Å². The third kappa shape index (κ3) is 2.83. The molecule has 9 heteroatoms. The molecule has 2 aliphatic rings. The highest BCUT2D eigenvalue weighted by Crippen LogP contribution is 2.51. The average Bonchev–Trinajstić information content (AvgIpc) is 3.16. The highest BCUT2D eigenvalue weighted by molar-refractivity contribution is 6.31. The number of fused-ring (bicyclic) bond motifs is 1. The van der Waals surface area contributed by atoms with Crippen LogP contribution in [0.1, 0.15) is 18.5 Å². The zero-order valence-electron chi connectivity index (χ0n) is 16.1. The van der Waals surface area contributed by atoms with Crippen LogP contribution in [0.5, 0.6) is 11.5 Å². The van der Waals surface area contributed by atoms with Gasteiger partial charge in [-0.1, -0.05) is 17.7 Å². The van der Waals surface area contributed by atoms with Gasteiger partial charge in [0.05, 0.1) is 24.6 Å². The zero-order valence-corrected chi connectivity index (χ0v) is 16.9. The molecule has 156 valence electrons. The molecule has 0 radical (unpaired) electrons. The molecule has 2 aromatic rings. The summed E-state index contributed by atoms with van der Waals surface area (Å²) in [6.45, 7) is 1.37. The number of nitrogens with zero attached hydrogens (tertiary/aromatic N) is 1. The van der Waals surface area contributed by atoms with E-state index in [2.05, 4.69) is 5.32 Å². The molecule has 2 fully saturated rings. The first-order chi connectivity index (χ1) is 14.2. The minimum Gasteiger partial charge on any atom is -0.508 e. The number of methoxy groups -OCH3 is 1. The lowest BCUT2D eigenvalue weighted by molar-refractivity contribution is -0.147. The van der Waals surface area contributed by atoms with E-state index < -0.39 is 41.2 Å². The lowest BCUT2D eigenvalue weighted by atomic mass is 9.80. The quantitative estimate of drug-likeness (QED) is 0.637. The maximum Gasteiger partial charge on any atom is 0.324 e. The molecule has 0 bridgehead atoms. The normalized spacial score (nSPS) is 28.0. The predicted molar refractivity (Wildman–Crippen MR) is 108 cm³/mol. The largest absolute Gasteiger partial charge is 0.508 e. The van der Waals surface area contributed by atoms with Crippen LogP contribution < -0.4 is 15.0 Å². The summed E-state index contributed by atoms with van der Waals surface area (Å²) in [7, 11) is 1.45. The third-order valence-electron chi connectivity index (χ3n) is 5.87. The van der Waals surface area contributed by atoms with E-state index >= 15 is 0 Å². The Morgan fingerprint density at radius 3 is 2.57 bits per heavy atom. The van der Waals surface area contributed by atoms with E-state index in [1.807, 2.05) is 0 Å². The van der Waals surface area contributed by atoms with Crippen LogP contribution in [0.2, 0.25) is 5.02 Å². The molecular formula is C21H19ClN2O6. The van der Waals surface area contributed by atoms with Gasteiger partial charge in [-0.2, -0.15) is 0 Å². The van der Waals surface area contributed by atoms with E-state index in [4.69, 9.17) is 16.3 Å². The van der Waals surface area contributed by atoms with Crippen LogP contribution in [0, 0.1) is 11.8 Å². The molecule has 2 aliphatic heterocycles.